The van der Waals surface area contributed by atoms with Crippen LogP contribution in [-0.2, 0) is 0 Å². The molecule has 0 heterocycles. The molecule has 0 radical (unpaired) electrons. The van der Waals surface area contributed by atoms with E-state index in [-0.39, 0.29) is 32.7 Å². The van der Waals surface area contributed by atoms with Gasteiger partial charge in [-0.2, -0.15) is 0 Å². The van der Waals surface area contributed by atoms with Crippen molar-refractivity contribution in [2.24, 2.45) is 5.73 Å². The van der Waals surface area contributed by atoms with E-state index in [1.54, 1.807) is 0 Å². The molecule has 0 spiro atoms. The van der Waals surface area contributed by atoms with Gasteiger partial charge in [0, 0.05) is 0 Å². The first-order valence-electron chi connectivity index (χ1n) is 4.21. The van der Waals surface area contributed by atoms with Crippen molar-refractivity contribution < 1.29 is 19.0 Å². The van der Waals surface area contributed by atoms with E-state index in [9.17, 15) is 13.9 Å². The fourth-order valence-corrected chi connectivity index (χ4v) is 2.33. The third kappa shape index (κ3) is 3.75. The average Bonchev–Trinajstić information content (AvgIpc) is 2.24. The van der Waals surface area contributed by atoms with Gasteiger partial charge in [-0.1, -0.05) is 0 Å². The fraction of sp³-hybridized carbons (Fsp3) is 0.333. The van der Waals surface area contributed by atoms with Gasteiger partial charge in [-0.15, -0.1) is 12.4 Å². The minimum absolute atomic E-state index is 0. The third-order valence-electron chi connectivity index (χ3n) is 2.06. The third-order valence-corrected chi connectivity index (χ3v) is 3.27. The molecule has 3 nitrogen and oxygen atoms in total. The van der Waals surface area contributed by atoms with E-state index < -0.39 is 18.6 Å². The lowest BCUT2D eigenvalue weighted by Crippen LogP contribution is -2.36. The van der Waals surface area contributed by atoms with Gasteiger partial charge in [0.2, 0.25) is 0 Å². The monoisotopic (exact) mass is 395 g/mol. The molecule has 1 aromatic rings. The molecule has 0 bridgehead atoms. The van der Waals surface area contributed by atoms with Crippen molar-refractivity contribution in [2.75, 3.05) is 6.61 Å². The highest BCUT2D eigenvalue weighted by Gasteiger charge is 2.37. The zero-order valence-electron chi connectivity index (χ0n) is 8.33. The topological polar surface area (TPSA) is 66.5 Å². The van der Waals surface area contributed by atoms with Crippen LogP contribution in [0, 0.1) is 0 Å². The van der Waals surface area contributed by atoms with Crippen LogP contribution in [0.2, 0.25) is 0 Å². The Hall–Kier alpha value is 0.0500. The van der Waals surface area contributed by atoms with Gasteiger partial charge >= 0.3 is 0 Å². The van der Waals surface area contributed by atoms with E-state index in [2.05, 4.69) is 31.9 Å². The lowest BCUT2D eigenvalue weighted by Gasteiger charge is -2.22. The van der Waals surface area contributed by atoms with Crippen molar-refractivity contribution in [1.82, 2.24) is 0 Å². The highest BCUT2D eigenvalue weighted by molar-refractivity contribution is 9.11. The predicted molar refractivity (Wildman–Crippen MR) is 69.7 cm³/mol. The average molecular weight is 397 g/mol. The number of aliphatic hydroxyl groups excluding tert-OH is 1. The lowest BCUT2D eigenvalue weighted by molar-refractivity contribution is -0.0712. The molecular formula is C9H10Br2ClF2NO2. The highest BCUT2D eigenvalue weighted by atomic mass is 79.9. The molecule has 1 atom stereocenters. The molecule has 1 aromatic carbocycles. The van der Waals surface area contributed by atoms with Crippen molar-refractivity contribution in [2.45, 2.75) is 12.0 Å². The summed E-state index contributed by atoms with van der Waals surface area (Å²) in [5.41, 5.74) is 5.44. The molecule has 0 aromatic heterocycles. The van der Waals surface area contributed by atoms with Crippen molar-refractivity contribution in [3.8, 4) is 5.75 Å². The van der Waals surface area contributed by atoms with Gasteiger partial charge in [0.1, 0.15) is 12.4 Å². The Morgan fingerprint density at radius 3 is 2.06 bits per heavy atom. The molecular weight excluding hydrogens is 387 g/mol. The summed E-state index contributed by atoms with van der Waals surface area (Å²) in [6.45, 7) is -1.33. The van der Waals surface area contributed by atoms with Crippen molar-refractivity contribution >= 4 is 44.3 Å². The summed E-state index contributed by atoms with van der Waals surface area (Å²) in [4.78, 5) is 0. The van der Waals surface area contributed by atoms with Crippen LogP contribution in [0.15, 0.2) is 21.1 Å². The summed E-state index contributed by atoms with van der Waals surface area (Å²) in [7, 11) is 0. The van der Waals surface area contributed by atoms with E-state index >= 15 is 0 Å². The summed E-state index contributed by atoms with van der Waals surface area (Å²) in [5, 5.41) is 17.9. The number of alkyl halides is 2. The SMILES string of the molecule is Cl.N[C@@H](c1cc(Br)c(O)c(Br)c1)C(F)(F)CO. The van der Waals surface area contributed by atoms with Crippen LogP contribution >= 0.6 is 44.3 Å². The molecule has 0 unspecified atom stereocenters. The molecule has 0 saturated carbocycles. The molecule has 1 rings (SSSR count). The molecule has 0 amide bonds. The fourth-order valence-electron chi connectivity index (χ4n) is 1.11. The van der Waals surface area contributed by atoms with Gasteiger partial charge < -0.3 is 15.9 Å². The molecule has 98 valence electrons. The van der Waals surface area contributed by atoms with Crippen LogP contribution < -0.4 is 5.73 Å². The zero-order chi connectivity index (χ0) is 12.5. The first kappa shape index (κ1) is 17.1. The summed E-state index contributed by atoms with van der Waals surface area (Å²) in [6.07, 6.45) is 0. The summed E-state index contributed by atoms with van der Waals surface area (Å²) in [5.74, 6) is -3.50. The van der Waals surface area contributed by atoms with E-state index in [4.69, 9.17) is 10.8 Å². The first-order chi connectivity index (χ1) is 7.29. The van der Waals surface area contributed by atoms with Crippen molar-refractivity contribution in [3.63, 3.8) is 0 Å². The Morgan fingerprint density at radius 2 is 1.71 bits per heavy atom. The van der Waals surface area contributed by atoms with Crippen LogP contribution in [0.3, 0.4) is 0 Å². The van der Waals surface area contributed by atoms with Crippen molar-refractivity contribution in [3.05, 3.63) is 26.6 Å². The van der Waals surface area contributed by atoms with Crippen LogP contribution in [-0.4, -0.2) is 22.7 Å². The number of phenols is 1. The van der Waals surface area contributed by atoms with Crippen LogP contribution in [0.25, 0.3) is 0 Å². The number of nitrogens with two attached hydrogens (primary N) is 1. The standard InChI is InChI=1S/C9H9Br2F2NO2.ClH/c10-5-1-4(2-6(11)7(5)16)8(14)9(12,13)3-15;/h1-2,8,15-16H,3,14H2;1H/t8-;/m0./s1. The predicted octanol–water partition coefficient (Wildman–Crippen LogP) is 2.97. The minimum atomic E-state index is -3.41. The number of hydrogen-bond donors (Lipinski definition) is 3. The Labute approximate surface area is 120 Å². The number of halogens is 5. The number of aromatic hydroxyl groups is 1. The lowest BCUT2D eigenvalue weighted by atomic mass is 10.0. The molecule has 0 saturated heterocycles. The zero-order valence-corrected chi connectivity index (χ0v) is 12.3. The molecule has 17 heavy (non-hydrogen) atoms. The molecule has 0 fully saturated rings. The first-order valence-corrected chi connectivity index (χ1v) is 5.80. The summed E-state index contributed by atoms with van der Waals surface area (Å²) in [6, 6.07) is 0.938. The summed E-state index contributed by atoms with van der Waals surface area (Å²) < 4.78 is 26.8. The largest absolute Gasteiger partial charge is 0.506 e. The molecule has 4 N–H and O–H groups in total. The summed E-state index contributed by atoms with van der Waals surface area (Å²) >= 11 is 6.02. The van der Waals surface area contributed by atoms with Crippen LogP contribution in [0.4, 0.5) is 8.78 Å². The maximum atomic E-state index is 13.1. The Bertz CT molecular complexity index is 384. The van der Waals surface area contributed by atoms with E-state index in [1.165, 1.54) is 12.1 Å². The smallest absolute Gasteiger partial charge is 0.289 e. The van der Waals surface area contributed by atoms with Gasteiger partial charge in [0.25, 0.3) is 5.92 Å². The minimum Gasteiger partial charge on any atom is -0.506 e. The Balaban J connectivity index is 0.00000256. The number of phenolic OH excluding ortho intramolecular Hbond substituents is 1. The Morgan fingerprint density at radius 1 is 1.29 bits per heavy atom. The van der Waals surface area contributed by atoms with Gasteiger partial charge in [0.15, 0.2) is 0 Å². The molecule has 8 heteroatoms. The highest BCUT2D eigenvalue weighted by Crippen LogP contribution is 2.37. The van der Waals surface area contributed by atoms with E-state index in [1.807, 2.05) is 0 Å². The normalized spacial score (nSPS) is 13.1. The number of rotatable bonds is 3. The maximum absolute atomic E-state index is 13.1. The van der Waals surface area contributed by atoms with Gasteiger partial charge in [-0.25, -0.2) is 8.78 Å². The van der Waals surface area contributed by atoms with Gasteiger partial charge in [-0.05, 0) is 49.6 Å². The number of aliphatic hydroxyl groups is 1. The second-order valence-electron chi connectivity index (χ2n) is 3.23. The Kier molecular flexibility index (Phi) is 6.30. The molecule has 0 aliphatic rings. The van der Waals surface area contributed by atoms with Gasteiger partial charge in [-0.3, -0.25) is 0 Å². The van der Waals surface area contributed by atoms with E-state index in [0.717, 1.165) is 0 Å². The molecule has 0 aliphatic heterocycles. The van der Waals surface area contributed by atoms with Crippen LogP contribution in [0.5, 0.6) is 5.75 Å². The quantitative estimate of drug-likeness (QED) is 0.735. The maximum Gasteiger partial charge on any atom is 0.289 e. The van der Waals surface area contributed by atoms with Crippen LogP contribution in [0.1, 0.15) is 11.6 Å². The number of benzene rings is 1. The van der Waals surface area contributed by atoms with E-state index in [0.29, 0.717) is 0 Å². The second kappa shape index (κ2) is 6.29. The van der Waals surface area contributed by atoms with Crippen molar-refractivity contribution in [1.29, 1.82) is 0 Å². The number of hydrogen-bond acceptors (Lipinski definition) is 3. The second-order valence-corrected chi connectivity index (χ2v) is 4.94. The molecule has 0 aliphatic carbocycles. The van der Waals surface area contributed by atoms with Gasteiger partial charge in [0.05, 0.1) is 15.0 Å².